The van der Waals surface area contributed by atoms with Crippen LogP contribution in [0.25, 0.3) is 11.5 Å². The molecule has 0 fully saturated rings. The van der Waals surface area contributed by atoms with Gasteiger partial charge in [-0.15, -0.1) is 0 Å². The monoisotopic (exact) mass is 356 g/mol. The summed E-state index contributed by atoms with van der Waals surface area (Å²) >= 11 is 1.45. The maximum Gasteiger partial charge on any atom is 0.307 e. The second-order valence-corrected chi connectivity index (χ2v) is 5.97. The lowest BCUT2D eigenvalue weighted by Gasteiger charge is -2.04. The highest BCUT2D eigenvalue weighted by atomic mass is 32.1. The lowest BCUT2D eigenvalue weighted by molar-refractivity contribution is -0.144. The minimum Gasteiger partial charge on any atom is -0.459 e. The van der Waals surface area contributed by atoms with Crippen LogP contribution in [-0.4, -0.2) is 23.4 Å². The van der Waals surface area contributed by atoms with Gasteiger partial charge in [-0.25, -0.2) is 4.98 Å². The third kappa shape index (κ3) is 4.77. The van der Waals surface area contributed by atoms with Crippen molar-refractivity contribution in [2.75, 3.05) is 6.54 Å². The van der Waals surface area contributed by atoms with Crippen molar-refractivity contribution >= 4 is 23.2 Å². The fourth-order valence-corrected chi connectivity index (χ4v) is 2.72. The molecular formula is C18H16N2O4S. The van der Waals surface area contributed by atoms with Gasteiger partial charge >= 0.3 is 5.97 Å². The summed E-state index contributed by atoms with van der Waals surface area (Å²) in [5, 5.41) is 6.25. The Kier molecular flexibility index (Phi) is 5.58. The Morgan fingerprint density at radius 1 is 1.20 bits per heavy atom. The summed E-state index contributed by atoms with van der Waals surface area (Å²) in [6.45, 7) is 0.259. The Balaban J connectivity index is 1.41. The summed E-state index contributed by atoms with van der Waals surface area (Å²) in [5.41, 5.74) is 1.99. The number of ether oxygens (including phenoxy) is 1. The van der Waals surface area contributed by atoms with E-state index in [9.17, 15) is 9.59 Å². The number of esters is 1. The quantitative estimate of drug-likeness (QED) is 0.657. The Bertz CT molecular complexity index is 828. The van der Waals surface area contributed by atoms with Gasteiger partial charge in [0.15, 0.2) is 0 Å². The summed E-state index contributed by atoms with van der Waals surface area (Å²) in [6.07, 6.45) is 1.56. The van der Waals surface area contributed by atoms with Crippen molar-refractivity contribution in [3.63, 3.8) is 0 Å². The fraction of sp³-hybridized carbons (Fsp3) is 0.167. The zero-order valence-electron chi connectivity index (χ0n) is 13.3. The van der Waals surface area contributed by atoms with Crippen molar-refractivity contribution in [1.29, 1.82) is 0 Å². The van der Waals surface area contributed by atoms with Crippen molar-refractivity contribution in [3.05, 3.63) is 64.7 Å². The molecule has 1 amide bonds. The standard InChI is InChI=1S/C18H16N2O4S/c21-16(6-8-19-17(22)14-7-9-25-12-14)23-10-15-11-24-18(20-15)13-4-2-1-3-5-13/h1-5,7,9,11-12H,6,8,10H2,(H,19,22). The van der Waals surface area contributed by atoms with Crippen LogP contribution in [-0.2, 0) is 16.1 Å². The number of carbonyl (C=O) groups is 2. The molecule has 0 bridgehead atoms. The number of carbonyl (C=O) groups excluding carboxylic acids is 2. The average molecular weight is 356 g/mol. The molecule has 0 radical (unpaired) electrons. The first kappa shape index (κ1) is 16.9. The van der Waals surface area contributed by atoms with E-state index in [2.05, 4.69) is 10.3 Å². The molecule has 0 saturated carbocycles. The smallest absolute Gasteiger partial charge is 0.307 e. The van der Waals surface area contributed by atoms with Gasteiger partial charge in [0.25, 0.3) is 5.91 Å². The highest BCUT2D eigenvalue weighted by Crippen LogP contribution is 2.18. The van der Waals surface area contributed by atoms with E-state index in [1.807, 2.05) is 35.7 Å². The number of rotatable bonds is 7. The number of hydrogen-bond donors (Lipinski definition) is 1. The first-order valence-corrected chi connectivity index (χ1v) is 8.62. The van der Waals surface area contributed by atoms with Gasteiger partial charge in [0.1, 0.15) is 18.6 Å². The minimum absolute atomic E-state index is 0.0354. The predicted octanol–water partition coefficient (Wildman–Crippen LogP) is 3.27. The molecule has 0 atom stereocenters. The molecule has 0 aliphatic rings. The van der Waals surface area contributed by atoms with Crippen LogP contribution in [0.1, 0.15) is 22.5 Å². The summed E-state index contributed by atoms with van der Waals surface area (Å²) in [7, 11) is 0. The van der Waals surface area contributed by atoms with Crippen molar-refractivity contribution in [3.8, 4) is 11.5 Å². The van der Waals surface area contributed by atoms with E-state index < -0.39 is 5.97 Å². The second kappa shape index (κ2) is 8.25. The molecule has 0 unspecified atom stereocenters. The molecule has 2 aromatic heterocycles. The predicted molar refractivity (Wildman–Crippen MR) is 93.0 cm³/mol. The number of oxazole rings is 1. The van der Waals surface area contributed by atoms with Gasteiger partial charge in [-0.1, -0.05) is 18.2 Å². The van der Waals surface area contributed by atoms with Gasteiger partial charge in [0.05, 0.1) is 6.42 Å². The topological polar surface area (TPSA) is 81.4 Å². The molecule has 6 nitrogen and oxygen atoms in total. The number of amides is 1. The molecular weight excluding hydrogens is 340 g/mol. The molecule has 0 aliphatic carbocycles. The molecule has 0 spiro atoms. The van der Waals surface area contributed by atoms with Crippen LogP contribution in [0.4, 0.5) is 0 Å². The molecule has 3 rings (SSSR count). The molecule has 25 heavy (non-hydrogen) atoms. The largest absolute Gasteiger partial charge is 0.459 e. The lowest BCUT2D eigenvalue weighted by Crippen LogP contribution is -2.26. The molecule has 128 valence electrons. The Labute approximate surface area is 148 Å². The second-order valence-electron chi connectivity index (χ2n) is 5.19. The maximum absolute atomic E-state index is 11.7. The number of aromatic nitrogens is 1. The number of thiophene rings is 1. The summed E-state index contributed by atoms with van der Waals surface area (Å²) < 4.78 is 10.5. The van der Waals surface area contributed by atoms with E-state index in [0.717, 1.165) is 5.56 Å². The Hall–Kier alpha value is -2.93. The number of hydrogen-bond acceptors (Lipinski definition) is 6. The number of benzene rings is 1. The molecule has 1 aromatic carbocycles. The molecule has 0 aliphatic heterocycles. The summed E-state index contributed by atoms with van der Waals surface area (Å²) in [4.78, 5) is 27.7. The number of nitrogens with zero attached hydrogens (tertiary/aromatic N) is 1. The average Bonchev–Trinajstić information content (AvgIpc) is 3.32. The first-order chi connectivity index (χ1) is 12.2. The van der Waals surface area contributed by atoms with Crippen LogP contribution in [0.2, 0.25) is 0 Å². The lowest BCUT2D eigenvalue weighted by atomic mass is 10.2. The van der Waals surface area contributed by atoms with E-state index in [0.29, 0.717) is 17.1 Å². The third-order valence-corrected chi connectivity index (χ3v) is 4.03. The molecule has 0 saturated heterocycles. The minimum atomic E-state index is -0.408. The summed E-state index contributed by atoms with van der Waals surface area (Å²) in [5.74, 6) is -0.123. The molecule has 1 N–H and O–H groups in total. The van der Waals surface area contributed by atoms with Crippen LogP contribution in [0, 0.1) is 0 Å². The SMILES string of the molecule is O=C(CCNC(=O)c1ccsc1)OCc1coc(-c2ccccc2)n1. The van der Waals surface area contributed by atoms with Crippen LogP contribution in [0.3, 0.4) is 0 Å². The van der Waals surface area contributed by atoms with E-state index in [1.165, 1.54) is 17.6 Å². The van der Waals surface area contributed by atoms with Gasteiger partial charge in [-0.2, -0.15) is 11.3 Å². The maximum atomic E-state index is 11.7. The van der Waals surface area contributed by atoms with E-state index in [1.54, 1.807) is 11.4 Å². The van der Waals surface area contributed by atoms with E-state index in [4.69, 9.17) is 9.15 Å². The van der Waals surface area contributed by atoms with Crippen molar-refractivity contribution in [2.45, 2.75) is 13.0 Å². The zero-order chi connectivity index (χ0) is 17.5. The van der Waals surface area contributed by atoms with Crippen LogP contribution >= 0.6 is 11.3 Å². The van der Waals surface area contributed by atoms with E-state index in [-0.39, 0.29) is 25.5 Å². The highest BCUT2D eigenvalue weighted by Gasteiger charge is 2.10. The highest BCUT2D eigenvalue weighted by molar-refractivity contribution is 7.08. The molecule has 3 aromatic rings. The van der Waals surface area contributed by atoms with Gasteiger partial charge in [0.2, 0.25) is 5.89 Å². The zero-order valence-corrected chi connectivity index (χ0v) is 14.1. The number of nitrogens with one attached hydrogen (secondary N) is 1. The normalized spacial score (nSPS) is 10.4. The van der Waals surface area contributed by atoms with Crippen molar-refractivity contribution < 1.29 is 18.7 Å². The van der Waals surface area contributed by atoms with Crippen LogP contribution in [0.5, 0.6) is 0 Å². The fourth-order valence-electron chi connectivity index (χ4n) is 2.09. The van der Waals surface area contributed by atoms with Gasteiger partial charge in [-0.05, 0) is 23.6 Å². The molecule has 7 heteroatoms. The third-order valence-electron chi connectivity index (χ3n) is 3.35. The van der Waals surface area contributed by atoms with Gasteiger partial charge in [-0.3, -0.25) is 9.59 Å². The van der Waals surface area contributed by atoms with Crippen molar-refractivity contribution in [2.24, 2.45) is 0 Å². The first-order valence-electron chi connectivity index (χ1n) is 7.68. The van der Waals surface area contributed by atoms with Gasteiger partial charge < -0.3 is 14.5 Å². The van der Waals surface area contributed by atoms with E-state index >= 15 is 0 Å². The van der Waals surface area contributed by atoms with Crippen LogP contribution < -0.4 is 5.32 Å². The molecule has 2 heterocycles. The Morgan fingerprint density at radius 3 is 2.80 bits per heavy atom. The Morgan fingerprint density at radius 2 is 2.04 bits per heavy atom. The van der Waals surface area contributed by atoms with Crippen molar-refractivity contribution in [1.82, 2.24) is 10.3 Å². The van der Waals surface area contributed by atoms with Gasteiger partial charge in [0, 0.05) is 23.1 Å². The summed E-state index contributed by atoms with van der Waals surface area (Å²) in [6, 6.07) is 11.2. The van der Waals surface area contributed by atoms with Crippen LogP contribution in [0.15, 0.2) is 57.8 Å².